The molecule has 3 aliphatic rings. The Bertz CT molecular complexity index is 386. The highest BCUT2D eigenvalue weighted by Crippen LogP contribution is 2.48. The van der Waals surface area contributed by atoms with Gasteiger partial charge in [0.15, 0.2) is 5.17 Å². The van der Waals surface area contributed by atoms with Crippen LogP contribution in [0.2, 0.25) is 0 Å². The fraction of sp³-hybridized carbons (Fsp3) is 0.700. The van der Waals surface area contributed by atoms with E-state index in [1.165, 1.54) is 4.90 Å². The molecule has 0 aromatic carbocycles. The number of nitrogens with two attached hydrogens (primary N) is 1. The maximum Gasteiger partial charge on any atom is 0.236 e. The largest absolute Gasteiger partial charge is 0.379 e. The molecule has 0 saturated carbocycles. The molecule has 3 N–H and O–H groups in total. The van der Waals surface area contributed by atoms with E-state index in [9.17, 15) is 9.59 Å². The SMILES string of the molecule is N=C(N)SCN1C(=O)C2C3CCC(O3)C2C1=O. The summed E-state index contributed by atoms with van der Waals surface area (Å²) in [4.78, 5) is 25.4. The number of amidine groups is 1. The highest BCUT2D eigenvalue weighted by molar-refractivity contribution is 8.13. The van der Waals surface area contributed by atoms with Crippen molar-refractivity contribution in [3.05, 3.63) is 0 Å². The lowest BCUT2D eigenvalue weighted by atomic mass is 9.81. The number of thioether (sulfide) groups is 1. The summed E-state index contributed by atoms with van der Waals surface area (Å²) in [5.41, 5.74) is 5.22. The summed E-state index contributed by atoms with van der Waals surface area (Å²) < 4.78 is 5.61. The number of fused-ring (bicyclic) bond motifs is 5. The van der Waals surface area contributed by atoms with Crippen molar-refractivity contribution in [1.29, 1.82) is 5.41 Å². The van der Waals surface area contributed by atoms with Gasteiger partial charge < -0.3 is 10.5 Å². The molecule has 3 fully saturated rings. The minimum absolute atomic E-state index is 0.0752. The second-order valence-electron chi connectivity index (χ2n) is 4.58. The standard InChI is InChI=1S/C10H13N3O3S/c11-10(12)17-3-13-8(14)6-4-1-2-5(16-4)7(6)9(13)15/h4-7H,1-3H2,(H3,11,12). The molecule has 17 heavy (non-hydrogen) atoms. The Kier molecular flexibility index (Phi) is 2.41. The topological polar surface area (TPSA) is 96.5 Å². The van der Waals surface area contributed by atoms with Gasteiger partial charge in [0.1, 0.15) is 0 Å². The zero-order valence-electron chi connectivity index (χ0n) is 9.09. The molecule has 4 atom stereocenters. The molecule has 2 amide bonds. The summed E-state index contributed by atoms with van der Waals surface area (Å²) in [6.07, 6.45) is 1.60. The first kappa shape index (κ1) is 11.0. The van der Waals surface area contributed by atoms with Crippen molar-refractivity contribution in [2.75, 3.05) is 5.88 Å². The summed E-state index contributed by atoms with van der Waals surface area (Å²) >= 11 is 1.00. The number of hydrogen-bond acceptors (Lipinski definition) is 5. The van der Waals surface area contributed by atoms with Gasteiger partial charge in [-0.3, -0.25) is 19.9 Å². The number of likely N-dealkylation sites (tertiary alicyclic amines) is 1. The van der Waals surface area contributed by atoms with Crippen LogP contribution in [0.25, 0.3) is 0 Å². The van der Waals surface area contributed by atoms with Gasteiger partial charge in [-0.05, 0) is 12.8 Å². The maximum atomic E-state index is 12.1. The third-order valence-electron chi connectivity index (χ3n) is 3.72. The van der Waals surface area contributed by atoms with Crippen LogP contribution in [0.3, 0.4) is 0 Å². The Morgan fingerprint density at radius 2 is 1.88 bits per heavy atom. The van der Waals surface area contributed by atoms with Crippen molar-refractivity contribution in [2.45, 2.75) is 25.0 Å². The Morgan fingerprint density at radius 3 is 2.35 bits per heavy atom. The Balaban J connectivity index is 1.78. The predicted octanol–water partition coefficient (Wildman–Crippen LogP) is -0.267. The van der Waals surface area contributed by atoms with Crippen LogP contribution in [0, 0.1) is 17.2 Å². The van der Waals surface area contributed by atoms with Crippen LogP contribution in [0.1, 0.15) is 12.8 Å². The number of imide groups is 1. The normalized spacial score (nSPS) is 38.9. The van der Waals surface area contributed by atoms with Crippen molar-refractivity contribution in [2.24, 2.45) is 17.6 Å². The van der Waals surface area contributed by atoms with Crippen LogP contribution in [0.5, 0.6) is 0 Å². The number of carbonyl (C=O) groups excluding carboxylic acids is 2. The summed E-state index contributed by atoms with van der Waals surface area (Å²) in [7, 11) is 0. The van der Waals surface area contributed by atoms with E-state index in [2.05, 4.69) is 0 Å². The van der Waals surface area contributed by atoms with E-state index in [4.69, 9.17) is 15.9 Å². The molecular formula is C10H13N3O3S. The molecule has 3 rings (SSSR count). The zero-order valence-corrected chi connectivity index (χ0v) is 9.90. The van der Waals surface area contributed by atoms with Crippen LogP contribution in [-0.2, 0) is 14.3 Å². The van der Waals surface area contributed by atoms with Gasteiger partial charge in [0, 0.05) is 0 Å². The van der Waals surface area contributed by atoms with Gasteiger partial charge in [0.05, 0.1) is 29.9 Å². The minimum atomic E-state index is -0.284. The van der Waals surface area contributed by atoms with Gasteiger partial charge in [0.25, 0.3) is 0 Å². The van der Waals surface area contributed by atoms with Crippen LogP contribution < -0.4 is 5.73 Å². The van der Waals surface area contributed by atoms with E-state index >= 15 is 0 Å². The number of rotatable bonds is 2. The maximum absolute atomic E-state index is 12.1. The van der Waals surface area contributed by atoms with Crippen molar-refractivity contribution in [3.63, 3.8) is 0 Å². The fourth-order valence-corrected chi connectivity index (χ4v) is 3.56. The van der Waals surface area contributed by atoms with E-state index < -0.39 is 0 Å². The molecule has 92 valence electrons. The average Bonchev–Trinajstić information content (AvgIpc) is 2.92. The number of carbonyl (C=O) groups is 2. The van der Waals surface area contributed by atoms with Crippen LogP contribution in [-0.4, -0.2) is 40.0 Å². The predicted molar refractivity (Wildman–Crippen MR) is 61.1 cm³/mol. The lowest BCUT2D eigenvalue weighted by molar-refractivity contribution is -0.141. The van der Waals surface area contributed by atoms with Crippen LogP contribution in [0.15, 0.2) is 0 Å². The molecule has 0 aromatic rings. The molecule has 3 saturated heterocycles. The lowest BCUT2D eigenvalue weighted by Crippen LogP contribution is -2.34. The van der Waals surface area contributed by atoms with Gasteiger partial charge in [-0.1, -0.05) is 11.8 Å². The second kappa shape index (κ2) is 3.71. The third kappa shape index (κ3) is 1.49. The first-order valence-corrected chi connectivity index (χ1v) is 6.55. The van der Waals surface area contributed by atoms with Crippen molar-refractivity contribution in [3.8, 4) is 0 Å². The van der Waals surface area contributed by atoms with Crippen LogP contribution in [0.4, 0.5) is 0 Å². The fourth-order valence-electron chi connectivity index (χ4n) is 3.04. The number of ether oxygens (including phenoxy) is 1. The van der Waals surface area contributed by atoms with E-state index in [0.717, 1.165) is 24.6 Å². The molecule has 0 aliphatic carbocycles. The summed E-state index contributed by atoms with van der Waals surface area (Å²) in [5, 5.41) is 7.03. The highest BCUT2D eigenvalue weighted by Gasteiger charge is 2.62. The number of amides is 2. The van der Waals surface area contributed by atoms with Gasteiger partial charge in [-0.2, -0.15) is 0 Å². The molecule has 6 nitrogen and oxygen atoms in total. The van der Waals surface area contributed by atoms with Crippen molar-refractivity contribution >= 4 is 28.7 Å². The molecule has 0 radical (unpaired) electrons. The number of hydrogen-bond donors (Lipinski definition) is 2. The molecular weight excluding hydrogens is 242 g/mol. The second-order valence-corrected chi connectivity index (χ2v) is 5.57. The molecule has 3 heterocycles. The Morgan fingerprint density at radius 1 is 1.35 bits per heavy atom. The lowest BCUT2D eigenvalue weighted by Gasteiger charge is -2.16. The minimum Gasteiger partial charge on any atom is -0.379 e. The van der Waals surface area contributed by atoms with Gasteiger partial charge >= 0.3 is 0 Å². The zero-order chi connectivity index (χ0) is 12.2. The number of nitrogens with one attached hydrogen (secondary N) is 1. The Labute approximate surface area is 102 Å². The molecule has 0 spiro atoms. The van der Waals surface area contributed by atoms with E-state index in [1.54, 1.807) is 0 Å². The molecule has 4 unspecified atom stereocenters. The monoisotopic (exact) mass is 255 g/mol. The van der Waals surface area contributed by atoms with Gasteiger partial charge in [0.2, 0.25) is 11.8 Å². The Hall–Kier alpha value is -1.08. The van der Waals surface area contributed by atoms with Crippen molar-refractivity contribution < 1.29 is 14.3 Å². The number of nitrogens with zero attached hydrogens (tertiary/aromatic N) is 1. The van der Waals surface area contributed by atoms with E-state index in [0.29, 0.717) is 0 Å². The van der Waals surface area contributed by atoms with Gasteiger partial charge in [-0.25, -0.2) is 0 Å². The molecule has 0 aromatic heterocycles. The van der Waals surface area contributed by atoms with Crippen molar-refractivity contribution in [1.82, 2.24) is 4.90 Å². The third-order valence-corrected chi connectivity index (χ3v) is 4.42. The quantitative estimate of drug-likeness (QED) is 0.402. The van der Waals surface area contributed by atoms with Gasteiger partial charge in [-0.15, -0.1) is 0 Å². The molecule has 2 bridgehead atoms. The average molecular weight is 255 g/mol. The first-order valence-electron chi connectivity index (χ1n) is 5.57. The van der Waals surface area contributed by atoms with Crippen LogP contribution >= 0.6 is 11.8 Å². The van der Waals surface area contributed by atoms with E-state index in [-0.39, 0.29) is 46.9 Å². The molecule has 7 heteroatoms. The first-order chi connectivity index (χ1) is 8.09. The summed E-state index contributed by atoms with van der Waals surface area (Å²) in [5.74, 6) is -0.719. The highest BCUT2D eigenvalue weighted by atomic mass is 32.2. The van der Waals surface area contributed by atoms with E-state index in [1.807, 2.05) is 0 Å². The smallest absolute Gasteiger partial charge is 0.236 e. The summed E-state index contributed by atoms with van der Waals surface area (Å²) in [6, 6.07) is 0. The summed E-state index contributed by atoms with van der Waals surface area (Å²) in [6.45, 7) is 0. The molecule has 3 aliphatic heterocycles.